The number of benzene rings is 7. The van der Waals surface area contributed by atoms with Crippen LogP contribution in [0, 0.1) is 0 Å². The molecule has 1 aliphatic heterocycles. The summed E-state index contributed by atoms with van der Waals surface area (Å²) >= 11 is 0. The first kappa shape index (κ1) is 24.4. The maximum Gasteiger partial charge on any atom is 0.123 e. The first-order chi connectivity index (χ1) is 22.3. The van der Waals surface area contributed by atoms with Gasteiger partial charge in [0.1, 0.15) is 5.82 Å². The van der Waals surface area contributed by atoms with Gasteiger partial charge in [-0.05, 0) is 71.4 Å². The van der Waals surface area contributed by atoms with Crippen molar-refractivity contribution < 1.29 is 0 Å². The number of hydrogen-bond donors (Lipinski definition) is 0. The zero-order valence-electron chi connectivity index (χ0n) is 24.4. The third kappa shape index (κ3) is 3.46. The first-order valence-electron chi connectivity index (χ1n) is 15.5. The van der Waals surface area contributed by atoms with Crippen molar-refractivity contribution in [3.05, 3.63) is 164 Å². The van der Waals surface area contributed by atoms with E-state index in [1.807, 2.05) is 0 Å². The highest BCUT2D eigenvalue weighted by Gasteiger charge is 2.28. The van der Waals surface area contributed by atoms with Gasteiger partial charge in [-0.3, -0.25) is 9.47 Å². The Morgan fingerprint density at radius 3 is 1.71 bits per heavy atom. The van der Waals surface area contributed by atoms with E-state index in [9.17, 15) is 0 Å². The van der Waals surface area contributed by atoms with Crippen LogP contribution in [0.4, 0.5) is 17.2 Å². The van der Waals surface area contributed by atoms with Gasteiger partial charge in [0.2, 0.25) is 0 Å². The smallest absolute Gasteiger partial charge is 0.123 e. The van der Waals surface area contributed by atoms with Crippen LogP contribution >= 0.6 is 0 Å². The lowest BCUT2D eigenvalue weighted by Crippen LogP contribution is -2.13. The molecule has 0 spiro atoms. The summed E-state index contributed by atoms with van der Waals surface area (Å²) in [5.41, 5.74) is 10.7. The molecule has 0 N–H and O–H groups in total. The van der Waals surface area contributed by atoms with Crippen LogP contribution in [-0.4, -0.2) is 9.13 Å². The maximum atomic E-state index is 2.46. The Bertz CT molecular complexity index is 2570. The van der Waals surface area contributed by atoms with Crippen molar-refractivity contribution in [1.29, 1.82) is 0 Å². The van der Waals surface area contributed by atoms with E-state index in [0.29, 0.717) is 0 Å². The van der Waals surface area contributed by atoms with E-state index < -0.39 is 0 Å². The van der Waals surface area contributed by atoms with Crippen molar-refractivity contribution in [3.8, 4) is 22.5 Å². The van der Waals surface area contributed by atoms with E-state index >= 15 is 0 Å². The van der Waals surface area contributed by atoms with Gasteiger partial charge in [0.25, 0.3) is 0 Å². The zero-order valence-corrected chi connectivity index (χ0v) is 24.4. The second-order valence-corrected chi connectivity index (χ2v) is 11.9. The van der Waals surface area contributed by atoms with E-state index in [1.54, 1.807) is 0 Å². The van der Waals surface area contributed by atoms with Crippen molar-refractivity contribution in [1.82, 2.24) is 9.13 Å². The fraction of sp³-hybridized carbons (Fsp3) is 0. The Balaban J connectivity index is 1.31. The minimum Gasteiger partial charge on any atom is -0.309 e. The predicted molar refractivity (Wildman–Crippen MR) is 189 cm³/mol. The van der Waals surface area contributed by atoms with Gasteiger partial charge in [0.15, 0.2) is 0 Å². The summed E-state index contributed by atoms with van der Waals surface area (Å²) in [6.07, 6.45) is 0. The van der Waals surface area contributed by atoms with Crippen LogP contribution in [0.15, 0.2) is 164 Å². The third-order valence-electron chi connectivity index (χ3n) is 9.39. The predicted octanol–water partition coefficient (Wildman–Crippen LogP) is 11.3. The van der Waals surface area contributed by atoms with Crippen molar-refractivity contribution in [3.63, 3.8) is 0 Å². The van der Waals surface area contributed by atoms with E-state index in [0.717, 1.165) is 17.2 Å². The molecule has 45 heavy (non-hydrogen) atoms. The molecule has 0 saturated carbocycles. The number of hydrogen-bond acceptors (Lipinski definition) is 1. The molecule has 3 nitrogen and oxygen atoms in total. The minimum atomic E-state index is 1.11. The summed E-state index contributed by atoms with van der Waals surface area (Å²) < 4.78 is 4.83. The lowest BCUT2D eigenvalue weighted by molar-refractivity contribution is 1.09. The van der Waals surface area contributed by atoms with Gasteiger partial charge < -0.3 is 4.57 Å². The van der Waals surface area contributed by atoms with Crippen LogP contribution in [0.2, 0.25) is 0 Å². The van der Waals surface area contributed by atoms with E-state index in [1.165, 1.54) is 66.0 Å². The molecule has 0 saturated heterocycles. The van der Waals surface area contributed by atoms with E-state index in [-0.39, 0.29) is 0 Å². The first-order valence-corrected chi connectivity index (χ1v) is 15.5. The van der Waals surface area contributed by atoms with Crippen LogP contribution in [0.1, 0.15) is 0 Å². The molecule has 0 amide bonds. The van der Waals surface area contributed by atoms with E-state index in [4.69, 9.17) is 0 Å². The fourth-order valence-electron chi connectivity index (χ4n) is 7.45. The molecule has 10 rings (SSSR count). The molecule has 3 heteroatoms. The highest BCUT2D eigenvalue weighted by Crippen LogP contribution is 2.50. The van der Waals surface area contributed by atoms with Crippen molar-refractivity contribution >= 4 is 60.7 Å². The Kier molecular flexibility index (Phi) is 5.00. The molecular formula is C42H27N3. The largest absolute Gasteiger partial charge is 0.309 e. The average molecular weight is 574 g/mol. The highest BCUT2D eigenvalue weighted by atomic mass is 15.3. The Labute approximate surface area is 260 Å². The van der Waals surface area contributed by atoms with Crippen LogP contribution < -0.4 is 4.90 Å². The molecule has 0 aliphatic carbocycles. The Morgan fingerprint density at radius 2 is 0.933 bits per heavy atom. The van der Waals surface area contributed by atoms with Crippen LogP contribution in [-0.2, 0) is 0 Å². The van der Waals surface area contributed by atoms with Crippen molar-refractivity contribution in [2.75, 3.05) is 4.90 Å². The lowest BCUT2D eigenvalue weighted by Gasteiger charge is -2.27. The Morgan fingerprint density at radius 1 is 0.333 bits per heavy atom. The monoisotopic (exact) mass is 573 g/mol. The second-order valence-electron chi connectivity index (χ2n) is 11.9. The van der Waals surface area contributed by atoms with E-state index in [2.05, 4.69) is 178 Å². The summed E-state index contributed by atoms with van der Waals surface area (Å²) in [4.78, 5) is 2.46. The molecule has 0 radical (unpaired) electrons. The Hall–Kier alpha value is -6.06. The normalized spacial score (nSPS) is 12.4. The fourth-order valence-corrected chi connectivity index (χ4v) is 7.45. The molecule has 0 unspecified atom stereocenters. The molecular weight excluding hydrogens is 546 g/mol. The quantitative estimate of drug-likeness (QED) is 0.200. The van der Waals surface area contributed by atoms with Gasteiger partial charge in [-0.1, -0.05) is 103 Å². The van der Waals surface area contributed by atoms with Crippen molar-refractivity contribution in [2.24, 2.45) is 0 Å². The molecule has 2 aromatic heterocycles. The SMILES string of the molecule is c1cc(N2c3cc4ccccc4cc3-c3ccccc3-n3c2cc2ccccc23)cc(-n2c3ccccc3c3ccccc32)c1. The maximum absolute atomic E-state index is 2.46. The van der Waals surface area contributed by atoms with Crippen LogP contribution in [0.3, 0.4) is 0 Å². The van der Waals surface area contributed by atoms with Gasteiger partial charge in [-0.2, -0.15) is 0 Å². The molecule has 0 fully saturated rings. The van der Waals surface area contributed by atoms with Crippen molar-refractivity contribution in [2.45, 2.75) is 0 Å². The summed E-state index contributed by atoms with van der Waals surface area (Å²) in [5.74, 6) is 1.12. The molecule has 7 aromatic carbocycles. The lowest BCUT2D eigenvalue weighted by atomic mass is 9.97. The van der Waals surface area contributed by atoms with Gasteiger partial charge in [-0.25, -0.2) is 0 Å². The molecule has 1 aliphatic rings. The number of anilines is 3. The minimum absolute atomic E-state index is 1.11. The van der Waals surface area contributed by atoms with Gasteiger partial charge in [0.05, 0.1) is 27.9 Å². The van der Waals surface area contributed by atoms with Gasteiger partial charge in [0, 0.05) is 38.7 Å². The summed E-state index contributed by atoms with van der Waals surface area (Å²) in [6, 6.07) is 59.7. The number of para-hydroxylation sites is 4. The van der Waals surface area contributed by atoms with Gasteiger partial charge in [-0.15, -0.1) is 0 Å². The molecule has 210 valence electrons. The number of fused-ring (bicyclic) bond motifs is 11. The number of aromatic nitrogens is 2. The third-order valence-corrected chi connectivity index (χ3v) is 9.39. The summed E-state index contributed by atoms with van der Waals surface area (Å²) in [7, 11) is 0. The molecule has 0 bridgehead atoms. The average Bonchev–Trinajstić information content (AvgIpc) is 3.61. The zero-order chi connectivity index (χ0) is 29.5. The molecule has 3 heterocycles. The number of nitrogens with zero attached hydrogens (tertiary/aromatic N) is 3. The molecule has 0 atom stereocenters. The van der Waals surface area contributed by atoms with Crippen LogP contribution in [0.25, 0.3) is 66.0 Å². The topological polar surface area (TPSA) is 13.1 Å². The molecule has 9 aromatic rings. The summed E-state index contributed by atoms with van der Waals surface area (Å²) in [6.45, 7) is 0. The van der Waals surface area contributed by atoms with Crippen LogP contribution in [0.5, 0.6) is 0 Å². The van der Waals surface area contributed by atoms with Gasteiger partial charge >= 0.3 is 0 Å². The number of rotatable bonds is 2. The second kappa shape index (κ2) is 9.22. The highest BCUT2D eigenvalue weighted by molar-refractivity contribution is 6.09. The summed E-state index contributed by atoms with van der Waals surface area (Å²) in [5, 5.41) is 6.21. The standard InChI is InChI=1S/C42H27N3/c1-2-13-29-25-41-36(24-28(29)12-1)35-19-6-10-23-40(35)45-37-20-7-3-14-30(37)26-42(45)44(41)32-16-11-15-31(27-32)43-38-21-8-4-17-33(38)34-18-5-9-22-39(34)43/h1-27H.